The van der Waals surface area contributed by atoms with Crippen LogP contribution in [0.5, 0.6) is 11.5 Å². The van der Waals surface area contributed by atoms with Crippen molar-refractivity contribution in [1.82, 2.24) is 10.2 Å². The number of morpholine rings is 1. The lowest BCUT2D eigenvalue weighted by molar-refractivity contribution is -0.0547. The number of para-hydroxylation sites is 2. The fourth-order valence-corrected chi connectivity index (χ4v) is 2.82. The van der Waals surface area contributed by atoms with Gasteiger partial charge in [0.05, 0.1) is 18.8 Å². The molecule has 0 radical (unpaired) electrons. The summed E-state index contributed by atoms with van der Waals surface area (Å²) in [5.41, 5.74) is 0. The van der Waals surface area contributed by atoms with Gasteiger partial charge in [0.2, 0.25) is 0 Å². The smallest absolute Gasteiger partial charge is 0.317 e. The van der Waals surface area contributed by atoms with Gasteiger partial charge in [0.1, 0.15) is 6.61 Å². The van der Waals surface area contributed by atoms with Crippen molar-refractivity contribution < 1.29 is 19.0 Å². The number of urea groups is 1. The van der Waals surface area contributed by atoms with Gasteiger partial charge in [-0.2, -0.15) is 0 Å². The minimum absolute atomic E-state index is 0.0654. The topological polar surface area (TPSA) is 60.0 Å². The number of amides is 2. The summed E-state index contributed by atoms with van der Waals surface area (Å²) in [4.78, 5) is 14.0. The molecule has 6 heteroatoms. The van der Waals surface area contributed by atoms with Crippen LogP contribution in [-0.2, 0) is 4.74 Å². The van der Waals surface area contributed by atoms with Crippen LogP contribution < -0.4 is 14.8 Å². The van der Waals surface area contributed by atoms with E-state index in [0.29, 0.717) is 26.2 Å². The fraction of sp³-hybridized carbons (Fsp3) is 0.562. The van der Waals surface area contributed by atoms with Gasteiger partial charge in [-0.05, 0) is 26.0 Å². The van der Waals surface area contributed by atoms with Crippen molar-refractivity contribution in [3.8, 4) is 11.5 Å². The van der Waals surface area contributed by atoms with Gasteiger partial charge in [-0.25, -0.2) is 4.79 Å². The number of nitrogens with one attached hydrogen (secondary N) is 1. The molecule has 6 nitrogen and oxygen atoms in total. The molecule has 1 aromatic rings. The van der Waals surface area contributed by atoms with Crippen LogP contribution in [0.2, 0.25) is 0 Å². The quantitative estimate of drug-likeness (QED) is 0.902. The van der Waals surface area contributed by atoms with Crippen molar-refractivity contribution >= 4 is 6.03 Å². The molecule has 3 unspecified atom stereocenters. The van der Waals surface area contributed by atoms with E-state index < -0.39 is 0 Å². The molecule has 1 N–H and O–H groups in total. The molecule has 22 heavy (non-hydrogen) atoms. The molecule has 3 rings (SSSR count). The molecule has 2 aliphatic rings. The number of hydrogen-bond donors (Lipinski definition) is 1. The number of nitrogens with zero attached hydrogens (tertiary/aromatic N) is 1. The Balaban J connectivity index is 1.50. The second-order valence-electron chi connectivity index (χ2n) is 5.85. The molecular formula is C16H22N2O4. The first-order valence-electron chi connectivity index (χ1n) is 7.68. The maximum Gasteiger partial charge on any atom is 0.317 e. The van der Waals surface area contributed by atoms with Gasteiger partial charge in [-0.3, -0.25) is 0 Å². The first-order chi connectivity index (χ1) is 10.6. The molecule has 2 heterocycles. The summed E-state index contributed by atoms with van der Waals surface area (Å²) in [5.74, 6) is 1.47. The van der Waals surface area contributed by atoms with Crippen molar-refractivity contribution in [1.29, 1.82) is 0 Å². The molecule has 120 valence electrons. The molecule has 0 spiro atoms. The van der Waals surface area contributed by atoms with Crippen molar-refractivity contribution in [2.24, 2.45) is 0 Å². The standard InChI is InChI=1S/C16H22N2O4/c1-11-8-18(9-12(2)21-11)16(19)17-7-13-10-20-14-5-3-4-6-15(14)22-13/h3-6,11-13H,7-10H2,1-2H3,(H,17,19). The molecule has 1 saturated heterocycles. The fourth-order valence-electron chi connectivity index (χ4n) is 2.82. The Morgan fingerprint density at radius 3 is 2.64 bits per heavy atom. The Morgan fingerprint density at radius 1 is 1.23 bits per heavy atom. The van der Waals surface area contributed by atoms with Crippen LogP contribution in [0.15, 0.2) is 24.3 Å². The van der Waals surface area contributed by atoms with E-state index in [1.54, 1.807) is 4.90 Å². The number of carbonyl (C=O) groups excluding carboxylic acids is 1. The van der Waals surface area contributed by atoms with E-state index in [-0.39, 0.29) is 24.3 Å². The zero-order chi connectivity index (χ0) is 15.5. The Kier molecular flexibility index (Phi) is 4.38. The van der Waals surface area contributed by atoms with Crippen molar-refractivity contribution in [3.63, 3.8) is 0 Å². The number of hydrogen-bond acceptors (Lipinski definition) is 4. The molecule has 0 bridgehead atoms. The van der Waals surface area contributed by atoms with E-state index in [1.807, 2.05) is 38.1 Å². The Hall–Kier alpha value is -1.95. The lowest BCUT2D eigenvalue weighted by Crippen LogP contribution is -2.53. The predicted molar refractivity (Wildman–Crippen MR) is 81.3 cm³/mol. The van der Waals surface area contributed by atoms with E-state index in [0.717, 1.165) is 11.5 Å². The summed E-state index contributed by atoms with van der Waals surface area (Å²) < 4.78 is 17.1. The number of ether oxygens (including phenoxy) is 3. The van der Waals surface area contributed by atoms with E-state index in [9.17, 15) is 4.79 Å². The van der Waals surface area contributed by atoms with Gasteiger partial charge < -0.3 is 24.4 Å². The zero-order valence-electron chi connectivity index (χ0n) is 13.0. The molecule has 3 atom stereocenters. The van der Waals surface area contributed by atoms with Crippen LogP contribution >= 0.6 is 0 Å². The molecular weight excluding hydrogens is 284 g/mol. The second-order valence-corrected chi connectivity index (χ2v) is 5.85. The average Bonchev–Trinajstić information content (AvgIpc) is 2.51. The van der Waals surface area contributed by atoms with Crippen LogP contribution in [0.25, 0.3) is 0 Å². The lowest BCUT2D eigenvalue weighted by Gasteiger charge is -2.35. The SMILES string of the molecule is CC1CN(C(=O)NCC2COc3ccccc3O2)CC(C)O1. The molecule has 1 aromatic carbocycles. The van der Waals surface area contributed by atoms with Crippen LogP contribution in [-0.4, -0.2) is 55.5 Å². The minimum atomic E-state index is -0.172. The van der Waals surface area contributed by atoms with Gasteiger partial charge in [0.15, 0.2) is 17.6 Å². The largest absolute Gasteiger partial charge is 0.486 e. The maximum atomic E-state index is 12.2. The van der Waals surface area contributed by atoms with Crippen molar-refractivity contribution in [2.75, 3.05) is 26.2 Å². The van der Waals surface area contributed by atoms with Gasteiger partial charge in [0.25, 0.3) is 0 Å². The van der Waals surface area contributed by atoms with E-state index in [1.165, 1.54) is 0 Å². The summed E-state index contributed by atoms with van der Waals surface area (Å²) in [5, 5.41) is 2.92. The van der Waals surface area contributed by atoms with Crippen molar-refractivity contribution in [2.45, 2.75) is 32.2 Å². The molecule has 2 amide bonds. The Labute approximate surface area is 130 Å². The first kappa shape index (κ1) is 15.0. The minimum Gasteiger partial charge on any atom is -0.486 e. The van der Waals surface area contributed by atoms with E-state index in [2.05, 4.69) is 5.32 Å². The third kappa shape index (κ3) is 3.44. The monoisotopic (exact) mass is 306 g/mol. The summed E-state index contributed by atoms with van der Waals surface area (Å²) in [7, 11) is 0. The molecule has 0 saturated carbocycles. The molecule has 1 fully saturated rings. The number of fused-ring (bicyclic) bond motifs is 1. The molecule has 0 aliphatic carbocycles. The maximum absolute atomic E-state index is 12.2. The van der Waals surface area contributed by atoms with Crippen LogP contribution in [0.4, 0.5) is 4.79 Å². The van der Waals surface area contributed by atoms with Crippen LogP contribution in [0.1, 0.15) is 13.8 Å². The third-order valence-electron chi connectivity index (χ3n) is 3.76. The number of rotatable bonds is 2. The summed E-state index contributed by atoms with van der Waals surface area (Å²) in [6.45, 7) is 6.04. The van der Waals surface area contributed by atoms with Gasteiger partial charge in [-0.15, -0.1) is 0 Å². The number of carbonyl (C=O) groups is 1. The van der Waals surface area contributed by atoms with Crippen molar-refractivity contribution in [3.05, 3.63) is 24.3 Å². The predicted octanol–water partition coefficient (Wildman–Crippen LogP) is 1.65. The van der Waals surface area contributed by atoms with Crippen LogP contribution in [0, 0.1) is 0 Å². The lowest BCUT2D eigenvalue weighted by atomic mass is 10.2. The van der Waals surface area contributed by atoms with Gasteiger partial charge >= 0.3 is 6.03 Å². The van der Waals surface area contributed by atoms with Crippen LogP contribution in [0.3, 0.4) is 0 Å². The number of benzene rings is 1. The van der Waals surface area contributed by atoms with Gasteiger partial charge in [0, 0.05) is 13.1 Å². The highest BCUT2D eigenvalue weighted by atomic mass is 16.6. The normalized spacial score (nSPS) is 27.4. The Morgan fingerprint density at radius 2 is 1.91 bits per heavy atom. The third-order valence-corrected chi connectivity index (χ3v) is 3.76. The first-order valence-corrected chi connectivity index (χ1v) is 7.68. The molecule has 0 aromatic heterocycles. The molecule has 2 aliphatic heterocycles. The average molecular weight is 306 g/mol. The zero-order valence-corrected chi connectivity index (χ0v) is 13.0. The Bertz CT molecular complexity index is 527. The summed E-state index contributed by atoms with van der Waals surface area (Å²) >= 11 is 0. The highest BCUT2D eigenvalue weighted by Gasteiger charge is 2.27. The van der Waals surface area contributed by atoms with Gasteiger partial charge in [-0.1, -0.05) is 12.1 Å². The van der Waals surface area contributed by atoms with E-state index >= 15 is 0 Å². The second kappa shape index (κ2) is 6.44. The highest BCUT2D eigenvalue weighted by Crippen LogP contribution is 2.30. The summed E-state index contributed by atoms with van der Waals surface area (Å²) in [6.07, 6.45) is -0.0407. The van der Waals surface area contributed by atoms with E-state index in [4.69, 9.17) is 14.2 Å². The highest BCUT2D eigenvalue weighted by molar-refractivity contribution is 5.74. The summed E-state index contributed by atoms with van der Waals surface area (Å²) in [6, 6.07) is 7.48.